The van der Waals surface area contributed by atoms with Crippen molar-refractivity contribution in [2.75, 3.05) is 19.5 Å². The quantitative estimate of drug-likeness (QED) is 0.821. The minimum absolute atomic E-state index is 0.0839. The number of halogens is 2. The molecule has 0 heterocycles. The van der Waals surface area contributed by atoms with Gasteiger partial charge < -0.3 is 14.8 Å². The molecule has 1 atom stereocenters. The first-order valence-corrected chi connectivity index (χ1v) is 7.24. The number of ether oxygens (including phenoxy) is 2. The lowest BCUT2D eigenvalue weighted by Crippen LogP contribution is -2.07. The monoisotopic (exact) mass is 325 g/mol. The Labute approximate surface area is 134 Å². The summed E-state index contributed by atoms with van der Waals surface area (Å²) in [6, 6.07) is 11.3. The van der Waals surface area contributed by atoms with Gasteiger partial charge in [0.15, 0.2) is 0 Å². The van der Waals surface area contributed by atoms with Gasteiger partial charge >= 0.3 is 0 Å². The minimum atomic E-state index is 0.0839. The second kappa shape index (κ2) is 6.92. The molecule has 0 amide bonds. The molecule has 0 bridgehead atoms. The Morgan fingerprint density at radius 2 is 1.57 bits per heavy atom. The number of anilines is 1. The zero-order chi connectivity index (χ0) is 15.4. The number of nitrogens with one attached hydrogen (secondary N) is 1. The lowest BCUT2D eigenvalue weighted by molar-refractivity contribution is 0.395. The van der Waals surface area contributed by atoms with Crippen molar-refractivity contribution in [2.45, 2.75) is 13.0 Å². The van der Waals surface area contributed by atoms with Crippen LogP contribution in [0.15, 0.2) is 36.4 Å². The average molecular weight is 326 g/mol. The molecule has 0 radical (unpaired) electrons. The van der Waals surface area contributed by atoms with Crippen LogP contribution in [-0.2, 0) is 0 Å². The van der Waals surface area contributed by atoms with Crippen molar-refractivity contribution in [3.63, 3.8) is 0 Å². The molecule has 1 N–H and O–H groups in total. The Bertz CT molecular complexity index is 614. The predicted octanol–water partition coefficient (Wildman–Crippen LogP) is 5.18. The fourth-order valence-corrected chi connectivity index (χ4v) is 2.41. The van der Waals surface area contributed by atoms with Gasteiger partial charge in [-0.1, -0.05) is 35.3 Å². The predicted molar refractivity (Wildman–Crippen MR) is 88.0 cm³/mol. The van der Waals surface area contributed by atoms with Gasteiger partial charge in [-0.25, -0.2) is 0 Å². The topological polar surface area (TPSA) is 30.5 Å². The minimum Gasteiger partial charge on any atom is -0.495 e. The average Bonchev–Trinajstić information content (AvgIpc) is 2.48. The molecule has 0 spiro atoms. The van der Waals surface area contributed by atoms with E-state index in [4.69, 9.17) is 32.7 Å². The molecule has 5 heteroatoms. The SMILES string of the molecule is COc1cc(OC)c(NC(C)c2ccc(Cl)cc2)cc1Cl. The van der Waals surface area contributed by atoms with E-state index in [-0.39, 0.29) is 6.04 Å². The first-order valence-electron chi connectivity index (χ1n) is 6.48. The number of benzene rings is 2. The van der Waals surface area contributed by atoms with Gasteiger partial charge in [0.1, 0.15) is 11.5 Å². The molecular formula is C16H17Cl2NO2. The molecule has 0 saturated heterocycles. The van der Waals surface area contributed by atoms with Gasteiger partial charge in [-0.2, -0.15) is 0 Å². The smallest absolute Gasteiger partial charge is 0.145 e. The van der Waals surface area contributed by atoms with Crippen LogP contribution in [0.1, 0.15) is 18.5 Å². The fourth-order valence-electron chi connectivity index (χ4n) is 2.04. The van der Waals surface area contributed by atoms with Crippen molar-refractivity contribution < 1.29 is 9.47 Å². The molecule has 1 unspecified atom stereocenters. The summed E-state index contributed by atoms with van der Waals surface area (Å²) in [5.41, 5.74) is 1.93. The van der Waals surface area contributed by atoms with Gasteiger partial charge in [0, 0.05) is 17.1 Å². The summed E-state index contributed by atoms with van der Waals surface area (Å²) in [5, 5.41) is 4.63. The third-order valence-electron chi connectivity index (χ3n) is 3.22. The molecule has 3 nitrogen and oxygen atoms in total. The normalized spacial score (nSPS) is 11.9. The van der Waals surface area contributed by atoms with E-state index in [9.17, 15) is 0 Å². The molecule has 2 aromatic carbocycles. The number of methoxy groups -OCH3 is 2. The molecule has 0 saturated carbocycles. The summed E-state index contributed by atoms with van der Waals surface area (Å²) in [6.45, 7) is 2.06. The van der Waals surface area contributed by atoms with E-state index in [2.05, 4.69) is 12.2 Å². The fraction of sp³-hybridized carbons (Fsp3) is 0.250. The lowest BCUT2D eigenvalue weighted by Gasteiger charge is -2.19. The molecule has 0 aliphatic carbocycles. The summed E-state index contributed by atoms with van der Waals surface area (Å²) >= 11 is 12.1. The standard InChI is InChI=1S/C16H17Cl2NO2/c1-10(11-4-6-12(17)7-5-11)19-14-8-13(18)15(20-2)9-16(14)21-3/h4-10,19H,1-3H3. The molecule has 112 valence electrons. The van der Waals surface area contributed by atoms with Crippen LogP contribution in [0, 0.1) is 0 Å². The maximum atomic E-state index is 6.17. The van der Waals surface area contributed by atoms with Gasteiger partial charge in [0.2, 0.25) is 0 Å². The van der Waals surface area contributed by atoms with E-state index in [0.29, 0.717) is 16.5 Å². The van der Waals surface area contributed by atoms with Gasteiger partial charge in [0.25, 0.3) is 0 Å². The van der Waals surface area contributed by atoms with E-state index in [0.717, 1.165) is 16.3 Å². The molecule has 2 rings (SSSR count). The number of hydrogen-bond donors (Lipinski definition) is 1. The number of hydrogen-bond acceptors (Lipinski definition) is 3. The second-order valence-corrected chi connectivity index (χ2v) is 5.45. The van der Waals surface area contributed by atoms with E-state index < -0.39 is 0 Å². The Kier molecular flexibility index (Phi) is 5.21. The first-order chi connectivity index (χ1) is 10.0. The molecule has 0 aliphatic rings. The van der Waals surface area contributed by atoms with Gasteiger partial charge in [0.05, 0.1) is 24.9 Å². The Morgan fingerprint density at radius 3 is 2.14 bits per heavy atom. The van der Waals surface area contributed by atoms with E-state index >= 15 is 0 Å². The maximum Gasteiger partial charge on any atom is 0.145 e. The van der Waals surface area contributed by atoms with E-state index in [1.54, 1.807) is 26.4 Å². The first kappa shape index (κ1) is 15.8. The molecular weight excluding hydrogens is 309 g/mol. The largest absolute Gasteiger partial charge is 0.495 e. The highest BCUT2D eigenvalue weighted by atomic mass is 35.5. The molecule has 0 aromatic heterocycles. The summed E-state index contributed by atoms with van der Waals surface area (Å²) in [6.07, 6.45) is 0. The lowest BCUT2D eigenvalue weighted by atomic mass is 10.1. The maximum absolute atomic E-state index is 6.17. The van der Waals surface area contributed by atoms with Crippen LogP contribution in [0.5, 0.6) is 11.5 Å². The summed E-state index contributed by atoms with van der Waals surface area (Å²) in [7, 11) is 3.19. The second-order valence-electron chi connectivity index (χ2n) is 4.60. The highest BCUT2D eigenvalue weighted by Gasteiger charge is 2.13. The third-order valence-corrected chi connectivity index (χ3v) is 3.76. The molecule has 0 fully saturated rings. The van der Waals surface area contributed by atoms with Crippen LogP contribution in [-0.4, -0.2) is 14.2 Å². The van der Waals surface area contributed by atoms with E-state index in [1.807, 2.05) is 24.3 Å². The molecule has 2 aromatic rings. The summed E-state index contributed by atoms with van der Waals surface area (Å²) < 4.78 is 10.6. The van der Waals surface area contributed by atoms with Crippen LogP contribution in [0.2, 0.25) is 10.0 Å². The summed E-state index contributed by atoms with van der Waals surface area (Å²) in [5.74, 6) is 1.26. The zero-order valence-corrected chi connectivity index (χ0v) is 13.6. The van der Waals surface area contributed by atoms with Gasteiger partial charge in [-0.05, 0) is 30.7 Å². The van der Waals surface area contributed by atoms with Crippen LogP contribution in [0.25, 0.3) is 0 Å². The third kappa shape index (κ3) is 3.74. The van der Waals surface area contributed by atoms with Gasteiger partial charge in [-0.3, -0.25) is 0 Å². The Morgan fingerprint density at radius 1 is 0.952 bits per heavy atom. The van der Waals surface area contributed by atoms with Crippen molar-refractivity contribution in [1.82, 2.24) is 0 Å². The Balaban J connectivity index is 2.26. The van der Waals surface area contributed by atoms with Crippen LogP contribution in [0.3, 0.4) is 0 Å². The van der Waals surface area contributed by atoms with Gasteiger partial charge in [-0.15, -0.1) is 0 Å². The zero-order valence-electron chi connectivity index (χ0n) is 12.1. The van der Waals surface area contributed by atoms with Crippen molar-refractivity contribution in [1.29, 1.82) is 0 Å². The van der Waals surface area contributed by atoms with Crippen LogP contribution >= 0.6 is 23.2 Å². The molecule has 21 heavy (non-hydrogen) atoms. The Hall–Kier alpha value is -1.58. The van der Waals surface area contributed by atoms with Crippen molar-refractivity contribution >= 4 is 28.9 Å². The number of rotatable bonds is 5. The van der Waals surface area contributed by atoms with E-state index in [1.165, 1.54) is 0 Å². The molecule has 0 aliphatic heterocycles. The highest BCUT2D eigenvalue weighted by molar-refractivity contribution is 6.32. The van der Waals surface area contributed by atoms with Crippen LogP contribution in [0.4, 0.5) is 5.69 Å². The summed E-state index contributed by atoms with van der Waals surface area (Å²) in [4.78, 5) is 0. The van der Waals surface area contributed by atoms with Crippen molar-refractivity contribution in [3.8, 4) is 11.5 Å². The van der Waals surface area contributed by atoms with Crippen molar-refractivity contribution in [2.24, 2.45) is 0 Å². The van der Waals surface area contributed by atoms with Crippen LogP contribution < -0.4 is 14.8 Å². The highest BCUT2D eigenvalue weighted by Crippen LogP contribution is 2.37. The van der Waals surface area contributed by atoms with Crippen molar-refractivity contribution in [3.05, 3.63) is 52.0 Å².